The summed E-state index contributed by atoms with van der Waals surface area (Å²) in [6.07, 6.45) is 2.38. The van der Waals surface area contributed by atoms with E-state index >= 15 is 0 Å². The average Bonchev–Trinajstić information content (AvgIpc) is 2.92. The van der Waals surface area contributed by atoms with Gasteiger partial charge in [0.05, 0.1) is 5.39 Å². The molecular weight excluding hydrogens is 396 g/mol. The van der Waals surface area contributed by atoms with E-state index in [0.29, 0.717) is 17.7 Å². The monoisotopic (exact) mass is 410 g/mol. The van der Waals surface area contributed by atoms with E-state index < -0.39 is 0 Å². The molecule has 0 aliphatic rings. The Labute approximate surface area is 151 Å². The van der Waals surface area contributed by atoms with Gasteiger partial charge >= 0.3 is 0 Å². The maximum absolute atomic E-state index is 12.6. The molecule has 3 rings (SSSR count). The van der Waals surface area contributed by atoms with Crippen molar-refractivity contribution >= 4 is 49.1 Å². The Balaban J connectivity index is 2.20. The summed E-state index contributed by atoms with van der Waals surface area (Å²) >= 11 is 10.8. The molecule has 0 amide bonds. The third-order valence-corrected chi connectivity index (χ3v) is 5.71. The number of rotatable bonds is 5. The molecule has 0 aliphatic carbocycles. The Kier molecular flexibility index (Phi) is 5.19. The van der Waals surface area contributed by atoms with Gasteiger partial charge in [0, 0.05) is 27.2 Å². The number of H-pyrrole nitrogens is 1. The molecule has 1 N–H and O–H groups in total. The minimum Gasteiger partial charge on any atom is -0.310 e. The lowest BCUT2D eigenvalue weighted by Crippen LogP contribution is -2.11. The first-order chi connectivity index (χ1) is 11.1. The molecule has 23 heavy (non-hydrogen) atoms. The lowest BCUT2D eigenvalue weighted by atomic mass is 10.0. The summed E-state index contributed by atoms with van der Waals surface area (Å²) in [7, 11) is 0. The Hall–Kier alpha value is -1.17. The van der Waals surface area contributed by atoms with Gasteiger partial charge in [-0.05, 0) is 30.5 Å². The number of aromatic nitrogens is 2. The lowest BCUT2D eigenvalue weighted by Gasteiger charge is -2.04. The number of nitrogens with one attached hydrogen (secondary N) is 1. The van der Waals surface area contributed by atoms with Crippen LogP contribution in [0.15, 0.2) is 33.5 Å². The quantitative estimate of drug-likeness (QED) is 0.590. The number of hydrogen-bond donors (Lipinski definition) is 1. The van der Waals surface area contributed by atoms with Crippen molar-refractivity contribution in [3.8, 4) is 11.1 Å². The first-order valence-corrected chi connectivity index (χ1v) is 9.65. The predicted octanol–water partition coefficient (Wildman–Crippen LogP) is 5.15. The molecule has 6 heteroatoms. The smallest absolute Gasteiger partial charge is 0.260 e. The molecule has 0 spiro atoms. The summed E-state index contributed by atoms with van der Waals surface area (Å²) in [5, 5.41) is 0.698. The van der Waals surface area contributed by atoms with E-state index in [4.69, 9.17) is 11.6 Å². The number of nitrogens with zero attached hydrogens (tertiary/aromatic N) is 1. The molecule has 0 bridgehead atoms. The van der Waals surface area contributed by atoms with Crippen LogP contribution in [0.3, 0.4) is 0 Å². The van der Waals surface area contributed by atoms with Crippen molar-refractivity contribution in [2.24, 2.45) is 0 Å². The Morgan fingerprint density at radius 1 is 1.30 bits per heavy atom. The fourth-order valence-corrected chi connectivity index (χ4v) is 4.17. The Morgan fingerprint density at radius 2 is 2.04 bits per heavy atom. The van der Waals surface area contributed by atoms with Crippen LogP contribution in [0, 0.1) is 0 Å². The van der Waals surface area contributed by atoms with Crippen LogP contribution in [-0.2, 0) is 12.8 Å². The first-order valence-electron chi connectivity index (χ1n) is 7.50. The molecule has 0 saturated carbocycles. The molecule has 2 aromatic heterocycles. The molecule has 0 radical (unpaired) electrons. The van der Waals surface area contributed by atoms with Gasteiger partial charge in [0.15, 0.2) is 0 Å². The van der Waals surface area contributed by atoms with Crippen molar-refractivity contribution in [1.29, 1.82) is 0 Å². The van der Waals surface area contributed by atoms with Gasteiger partial charge in [-0.15, -0.1) is 22.9 Å². The number of alkyl halides is 1. The third-order valence-electron chi connectivity index (χ3n) is 3.69. The van der Waals surface area contributed by atoms with Gasteiger partial charge < -0.3 is 4.98 Å². The number of thiophene rings is 1. The van der Waals surface area contributed by atoms with Crippen molar-refractivity contribution in [1.82, 2.24) is 9.97 Å². The zero-order valence-electron chi connectivity index (χ0n) is 12.7. The second-order valence-corrected chi connectivity index (χ2v) is 7.62. The summed E-state index contributed by atoms with van der Waals surface area (Å²) in [4.78, 5) is 22.2. The molecule has 0 atom stereocenters. The van der Waals surface area contributed by atoms with Crippen LogP contribution in [0.5, 0.6) is 0 Å². The number of benzene rings is 1. The summed E-state index contributed by atoms with van der Waals surface area (Å²) in [6.45, 7) is 2.11. The first kappa shape index (κ1) is 16.7. The number of fused-ring (bicyclic) bond motifs is 1. The van der Waals surface area contributed by atoms with E-state index in [9.17, 15) is 4.79 Å². The van der Waals surface area contributed by atoms with Crippen molar-refractivity contribution in [3.05, 3.63) is 49.8 Å². The fourth-order valence-electron chi connectivity index (χ4n) is 2.62. The van der Waals surface area contributed by atoms with Crippen molar-refractivity contribution in [3.63, 3.8) is 0 Å². The highest BCUT2D eigenvalue weighted by atomic mass is 79.9. The highest BCUT2D eigenvalue weighted by Gasteiger charge is 2.17. The maximum Gasteiger partial charge on any atom is 0.260 e. The molecule has 0 fully saturated rings. The topological polar surface area (TPSA) is 45.8 Å². The number of halogens is 2. The van der Waals surface area contributed by atoms with Gasteiger partial charge in [-0.2, -0.15) is 0 Å². The van der Waals surface area contributed by atoms with Gasteiger partial charge in [0.25, 0.3) is 5.56 Å². The molecular formula is C17H16BrClN2OS. The van der Waals surface area contributed by atoms with Crippen molar-refractivity contribution in [2.45, 2.75) is 26.2 Å². The highest BCUT2D eigenvalue weighted by Crippen LogP contribution is 2.36. The van der Waals surface area contributed by atoms with Crippen LogP contribution in [0.4, 0.5) is 0 Å². The van der Waals surface area contributed by atoms with Gasteiger partial charge in [-0.1, -0.05) is 35.0 Å². The molecule has 0 aliphatic heterocycles. The van der Waals surface area contributed by atoms with Crippen LogP contribution in [0.25, 0.3) is 21.3 Å². The minimum absolute atomic E-state index is 0.0616. The highest BCUT2D eigenvalue weighted by molar-refractivity contribution is 9.10. The van der Waals surface area contributed by atoms with Crippen LogP contribution in [0.2, 0.25) is 0 Å². The largest absolute Gasteiger partial charge is 0.310 e. The molecule has 0 saturated heterocycles. The molecule has 120 valence electrons. The Morgan fingerprint density at radius 3 is 2.70 bits per heavy atom. The average molecular weight is 412 g/mol. The Bertz CT molecular complexity index is 886. The molecule has 1 aromatic carbocycles. The van der Waals surface area contributed by atoms with E-state index in [0.717, 1.165) is 39.1 Å². The van der Waals surface area contributed by atoms with Crippen LogP contribution >= 0.6 is 38.9 Å². The van der Waals surface area contributed by atoms with E-state index in [-0.39, 0.29) is 5.56 Å². The summed E-state index contributed by atoms with van der Waals surface area (Å²) < 4.78 is 1.02. The van der Waals surface area contributed by atoms with Gasteiger partial charge in [0.2, 0.25) is 0 Å². The summed E-state index contributed by atoms with van der Waals surface area (Å²) in [5.74, 6) is 1.28. The second kappa shape index (κ2) is 7.16. The van der Waals surface area contributed by atoms with Gasteiger partial charge in [0.1, 0.15) is 10.7 Å². The van der Waals surface area contributed by atoms with Crippen LogP contribution in [-0.4, -0.2) is 15.8 Å². The number of aryl methyl sites for hydroxylation is 2. The zero-order chi connectivity index (χ0) is 16.4. The molecule has 0 unspecified atom stereocenters. The van der Waals surface area contributed by atoms with E-state index in [2.05, 4.69) is 32.8 Å². The SMILES string of the molecule is CCc1sc2nc(CCCCl)[nH]c(=O)c2c1-c1ccc(Br)cc1. The maximum atomic E-state index is 12.6. The standard InChI is InChI=1S/C17H16BrClN2OS/c1-2-12-14(10-5-7-11(18)8-6-10)15-16(22)20-13(4-3-9-19)21-17(15)23-12/h5-8H,2-4,9H2,1H3,(H,20,21,22). The van der Waals surface area contributed by atoms with Crippen LogP contribution < -0.4 is 5.56 Å². The molecule has 3 aromatic rings. The third kappa shape index (κ3) is 3.37. The minimum atomic E-state index is -0.0616. The number of hydrogen-bond acceptors (Lipinski definition) is 3. The van der Waals surface area contributed by atoms with Gasteiger partial charge in [-0.25, -0.2) is 4.98 Å². The fraction of sp³-hybridized carbons (Fsp3) is 0.294. The second-order valence-electron chi connectivity index (χ2n) is 5.25. The number of aromatic amines is 1. The predicted molar refractivity (Wildman–Crippen MR) is 102 cm³/mol. The van der Waals surface area contributed by atoms with E-state index in [1.165, 1.54) is 4.88 Å². The normalized spacial score (nSPS) is 11.3. The summed E-state index contributed by atoms with van der Waals surface area (Å²) in [5.41, 5.74) is 2.00. The van der Waals surface area contributed by atoms with E-state index in [1.54, 1.807) is 11.3 Å². The van der Waals surface area contributed by atoms with Crippen LogP contribution in [0.1, 0.15) is 24.0 Å². The lowest BCUT2D eigenvalue weighted by molar-refractivity contribution is 0.843. The van der Waals surface area contributed by atoms with Crippen molar-refractivity contribution in [2.75, 3.05) is 5.88 Å². The molecule has 3 nitrogen and oxygen atoms in total. The van der Waals surface area contributed by atoms with Crippen molar-refractivity contribution < 1.29 is 0 Å². The van der Waals surface area contributed by atoms with E-state index in [1.807, 2.05) is 24.3 Å². The molecule has 2 heterocycles. The van der Waals surface area contributed by atoms with Gasteiger partial charge in [-0.3, -0.25) is 4.79 Å². The zero-order valence-corrected chi connectivity index (χ0v) is 15.8. The summed E-state index contributed by atoms with van der Waals surface area (Å²) in [6, 6.07) is 8.06.